The molecule has 3 fully saturated rings. The Hall–Kier alpha value is -2.14. The number of phenolic OH excluding ortho intramolecular Hbond substituents is 1. The number of rotatable bonds is 3. The highest BCUT2D eigenvalue weighted by Gasteiger charge is 2.34. The van der Waals surface area contributed by atoms with Gasteiger partial charge in [-0.2, -0.15) is 0 Å². The van der Waals surface area contributed by atoms with Crippen LogP contribution in [0.2, 0.25) is 0 Å². The Morgan fingerprint density at radius 3 is 2.73 bits per heavy atom. The Morgan fingerprint density at radius 1 is 1.15 bits per heavy atom. The summed E-state index contributed by atoms with van der Waals surface area (Å²) in [5, 5.41) is 23.2. The molecule has 26 heavy (non-hydrogen) atoms. The molecular weight excluding hydrogens is 324 g/mol. The van der Waals surface area contributed by atoms with Crippen LogP contribution in [-0.2, 0) is 12.8 Å². The van der Waals surface area contributed by atoms with Crippen molar-refractivity contribution in [1.29, 1.82) is 0 Å². The maximum absolute atomic E-state index is 10.7. The van der Waals surface area contributed by atoms with Crippen molar-refractivity contribution in [1.82, 2.24) is 15.1 Å². The largest absolute Gasteiger partial charge is 0.507 e. The summed E-state index contributed by atoms with van der Waals surface area (Å²) < 4.78 is 0. The SMILES string of the molecule is Cc1cc(N[C@H]2CN3CCC2CC3)nnc1-c1ccc2c(c1O)CCC2. The van der Waals surface area contributed by atoms with Crippen LogP contribution in [0.5, 0.6) is 5.75 Å². The second-order valence-electron chi connectivity index (χ2n) is 8.10. The first-order chi connectivity index (χ1) is 12.7. The van der Waals surface area contributed by atoms with E-state index < -0.39 is 0 Å². The van der Waals surface area contributed by atoms with E-state index in [2.05, 4.69) is 39.5 Å². The second kappa shape index (κ2) is 6.23. The van der Waals surface area contributed by atoms with E-state index in [0.29, 0.717) is 11.8 Å². The maximum Gasteiger partial charge on any atom is 0.149 e. The highest BCUT2D eigenvalue weighted by molar-refractivity contribution is 5.73. The summed E-state index contributed by atoms with van der Waals surface area (Å²) in [7, 11) is 0. The minimum atomic E-state index is 0.399. The number of fused-ring (bicyclic) bond motifs is 4. The van der Waals surface area contributed by atoms with Gasteiger partial charge in [0.25, 0.3) is 0 Å². The molecule has 0 spiro atoms. The van der Waals surface area contributed by atoms with Crippen LogP contribution in [-0.4, -0.2) is 45.9 Å². The van der Waals surface area contributed by atoms with E-state index in [0.717, 1.165) is 59.9 Å². The first-order valence-electron chi connectivity index (χ1n) is 9.86. The number of anilines is 1. The summed E-state index contributed by atoms with van der Waals surface area (Å²) >= 11 is 0. The highest BCUT2D eigenvalue weighted by Crippen LogP contribution is 2.38. The van der Waals surface area contributed by atoms with Crippen molar-refractivity contribution < 1.29 is 5.11 Å². The number of phenols is 1. The first-order valence-corrected chi connectivity index (χ1v) is 9.86. The molecule has 0 radical (unpaired) electrons. The normalized spacial score (nSPS) is 26.7. The van der Waals surface area contributed by atoms with E-state index in [1.807, 2.05) is 6.07 Å². The van der Waals surface area contributed by atoms with Crippen molar-refractivity contribution in [2.75, 3.05) is 25.0 Å². The van der Waals surface area contributed by atoms with Gasteiger partial charge >= 0.3 is 0 Å². The number of nitrogens with zero attached hydrogens (tertiary/aromatic N) is 3. The Labute approximate surface area is 154 Å². The molecule has 1 atom stereocenters. The second-order valence-corrected chi connectivity index (χ2v) is 8.10. The lowest BCUT2D eigenvalue weighted by atomic mass is 9.84. The zero-order valence-corrected chi connectivity index (χ0v) is 15.3. The van der Waals surface area contributed by atoms with Crippen LogP contribution in [0.4, 0.5) is 5.82 Å². The number of piperidine rings is 3. The number of benzene rings is 1. The number of aromatic hydroxyl groups is 1. The van der Waals surface area contributed by atoms with Gasteiger partial charge in [0.05, 0.1) is 5.69 Å². The van der Waals surface area contributed by atoms with Gasteiger partial charge in [0, 0.05) is 18.2 Å². The molecule has 3 aliphatic heterocycles. The highest BCUT2D eigenvalue weighted by atomic mass is 16.3. The number of hydrogen-bond donors (Lipinski definition) is 2. The summed E-state index contributed by atoms with van der Waals surface area (Å²) in [6.45, 7) is 5.64. The van der Waals surface area contributed by atoms with Crippen LogP contribution < -0.4 is 5.32 Å². The van der Waals surface area contributed by atoms with Gasteiger partial charge in [0.1, 0.15) is 11.6 Å². The predicted molar refractivity (Wildman–Crippen MR) is 102 cm³/mol. The smallest absolute Gasteiger partial charge is 0.149 e. The number of hydrogen-bond acceptors (Lipinski definition) is 5. The van der Waals surface area contributed by atoms with Gasteiger partial charge in [-0.25, -0.2) is 0 Å². The van der Waals surface area contributed by atoms with Crippen molar-refractivity contribution in [3.63, 3.8) is 0 Å². The van der Waals surface area contributed by atoms with Gasteiger partial charge in [-0.1, -0.05) is 6.07 Å². The van der Waals surface area contributed by atoms with E-state index in [-0.39, 0.29) is 0 Å². The monoisotopic (exact) mass is 350 g/mol. The standard InChI is InChI=1S/C21H26N4O/c1-13-11-19(22-18-12-25-9-7-15(18)8-10-25)23-24-20(13)17-6-5-14-3-2-4-16(14)21(17)26/h5-6,11,15,18,26H,2-4,7-10,12H2,1H3,(H,22,23)/t18-/m0/s1. The molecule has 4 heterocycles. The molecule has 1 aromatic heterocycles. The quantitative estimate of drug-likeness (QED) is 0.890. The third kappa shape index (κ3) is 2.65. The minimum absolute atomic E-state index is 0.399. The Kier molecular flexibility index (Phi) is 3.85. The van der Waals surface area contributed by atoms with Gasteiger partial charge in [-0.3, -0.25) is 0 Å². The Balaban J connectivity index is 1.41. The number of nitrogens with one attached hydrogen (secondary N) is 1. The lowest BCUT2D eigenvalue weighted by Gasteiger charge is -2.45. The molecule has 4 aliphatic rings. The molecule has 1 aromatic carbocycles. The van der Waals surface area contributed by atoms with Crippen LogP contribution >= 0.6 is 0 Å². The average Bonchev–Trinajstić information content (AvgIpc) is 3.14. The van der Waals surface area contributed by atoms with E-state index in [1.165, 1.54) is 31.5 Å². The fraction of sp³-hybridized carbons (Fsp3) is 0.524. The van der Waals surface area contributed by atoms with Gasteiger partial charge in [0.2, 0.25) is 0 Å². The summed E-state index contributed by atoms with van der Waals surface area (Å²) in [6, 6.07) is 6.69. The number of aromatic nitrogens is 2. The molecule has 0 unspecified atom stereocenters. The lowest BCUT2D eigenvalue weighted by molar-refractivity contribution is 0.0973. The van der Waals surface area contributed by atoms with Crippen LogP contribution in [0.1, 0.15) is 36.0 Å². The molecule has 2 aromatic rings. The Bertz CT molecular complexity index is 842. The summed E-state index contributed by atoms with van der Waals surface area (Å²) in [6.07, 6.45) is 5.71. The molecule has 6 rings (SSSR count). The third-order valence-corrected chi connectivity index (χ3v) is 6.48. The molecular formula is C21H26N4O. The molecule has 3 saturated heterocycles. The molecule has 1 aliphatic carbocycles. The van der Waals surface area contributed by atoms with E-state index in [4.69, 9.17) is 0 Å². The zero-order chi connectivity index (χ0) is 17.7. The summed E-state index contributed by atoms with van der Waals surface area (Å²) in [5.74, 6) is 2.00. The van der Waals surface area contributed by atoms with Crippen LogP contribution in [0, 0.1) is 12.8 Å². The molecule has 2 bridgehead atoms. The zero-order valence-electron chi connectivity index (χ0n) is 15.3. The van der Waals surface area contributed by atoms with Crippen molar-refractivity contribution in [2.24, 2.45) is 5.92 Å². The first kappa shape index (κ1) is 16.1. The van der Waals surface area contributed by atoms with Gasteiger partial charge in [-0.15, -0.1) is 10.2 Å². The van der Waals surface area contributed by atoms with Gasteiger partial charge in [-0.05, 0) is 86.9 Å². The van der Waals surface area contributed by atoms with Gasteiger partial charge < -0.3 is 15.3 Å². The molecule has 5 heteroatoms. The van der Waals surface area contributed by atoms with Crippen molar-refractivity contribution in [3.05, 3.63) is 34.9 Å². The maximum atomic E-state index is 10.7. The molecule has 5 nitrogen and oxygen atoms in total. The average molecular weight is 350 g/mol. The van der Waals surface area contributed by atoms with Crippen molar-refractivity contribution >= 4 is 5.82 Å². The summed E-state index contributed by atoms with van der Waals surface area (Å²) in [4.78, 5) is 2.54. The van der Waals surface area contributed by atoms with E-state index in [1.54, 1.807) is 0 Å². The summed E-state index contributed by atoms with van der Waals surface area (Å²) in [5.41, 5.74) is 5.02. The van der Waals surface area contributed by atoms with Crippen molar-refractivity contribution in [3.8, 4) is 17.0 Å². The van der Waals surface area contributed by atoms with E-state index in [9.17, 15) is 5.11 Å². The predicted octanol–water partition coefficient (Wildman–Crippen LogP) is 3.15. The fourth-order valence-electron chi connectivity index (χ4n) is 4.98. The van der Waals surface area contributed by atoms with E-state index >= 15 is 0 Å². The number of aryl methyl sites for hydroxylation is 2. The minimum Gasteiger partial charge on any atom is -0.507 e. The molecule has 0 saturated carbocycles. The third-order valence-electron chi connectivity index (χ3n) is 6.48. The van der Waals surface area contributed by atoms with Crippen LogP contribution in [0.25, 0.3) is 11.3 Å². The van der Waals surface area contributed by atoms with Gasteiger partial charge in [0.15, 0.2) is 0 Å². The molecule has 2 N–H and O–H groups in total. The topological polar surface area (TPSA) is 61.3 Å². The van der Waals surface area contributed by atoms with Crippen LogP contribution in [0.15, 0.2) is 18.2 Å². The molecule has 0 amide bonds. The van der Waals surface area contributed by atoms with Crippen molar-refractivity contribution in [2.45, 2.75) is 45.1 Å². The fourth-order valence-corrected chi connectivity index (χ4v) is 4.98. The lowest BCUT2D eigenvalue weighted by Crippen LogP contribution is -2.53. The molecule has 136 valence electrons. The Morgan fingerprint density at radius 2 is 2.00 bits per heavy atom. The van der Waals surface area contributed by atoms with Crippen LogP contribution in [0.3, 0.4) is 0 Å².